The number of amides is 3. The molecule has 1 aromatic heterocycles. The van der Waals surface area contributed by atoms with Gasteiger partial charge in [0.2, 0.25) is 5.91 Å². The van der Waals surface area contributed by atoms with Gasteiger partial charge in [-0.1, -0.05) is 18.2 Å². The summed E-state index contributed by atoms with van der Waals surface area (Å²) in [5, 5.41) is 2.80. The molecule has 2 unspecified atom stereocenters. The highest BCUT2D eigenvalue weighted by molar-refractivity contribution is 6.00. The van der Waals surface area contributed by atoms with Gasteiger partial charge in [-0.2, -0.15) is 0 Å². The fraction of sp³-hybridized carbons (Fsp3) is 0.350. The summed E-state index contributed by atoms with van der Waals surface area (Å²) in [7, 11) is 0. The number of benzene rings is 1. The van der Waals surface area contributed by atoms with E-state index < -0.39 is 6.04 Å². The maximum Gasteiger partial charge on any atom is 0.318 e. The lowest BCUT2D eigenvalue weighted by Crippen LogP contribution is -2.50. The van der Waals surface area contributed by atoms with Crippen LogP contribution >= 0.6 is 0 Å². The van der Waals surface area contributed by atoms with Crippen molar-refractivity contribution in [3.05, 3.63) is 54.4 Å². The van der Waals surface area contributed by atoms with Crippen LogP contribution in [0.4, 0.5) is 10.5 Å². The van der Waals surface area contributed by atoms with Gasteiger partial charge in [0.15, 0.2) is 0 Å². The molecule has 4 rings (SSSR count). The number of urea groups is 1. The number of fused-ring (bicyclic) bond motifs is 3. The van der Waals surface area contributed by atoms with Crippen molar-refractivity contribution in [2.75, 3.05) is 18.0 Å². The number of rotatable bonds is 3. The minimum absolute atomic E-state index is 0.0941. The minimum atomic E-state index is -0.536. The Labute approximate surface area is 157 Å². The van der Waals surface area contributed by atoms with Crippen LogP contribution in [0.1, 0.15) is 18.9 Å². The molecule has 140 valence electrons. The quantitative estimate of drug-likeness (QED) is 0.904. The molecule has 2 aliphatic heterocycles. The molecule has 0 aliphatic carbocycles. The van der Waals surface area contributed by atoms with Crippen LogP contribution in [-0.2, 0) is 11.3 Å². The molecule has 27 heavy (non-hydrogen) atoms. The van der Waals surface area contributed by atoms with Crippen molar-refractivity contribution in [1.82, 2.24) is 15.2 Å². The van der Waals surface area contributed by atoms with Crippen LogP contribution in [0, 0.1) is 0 Å². The molecule has 2 aromatic rings. The van der Waals surface area contributed by atoms with E-state index in [0.29, 0.717) is 31.8 Å². The Morgan fingerprint density at radius 2 is 2.15 bits per heavy atom. The molecular weight excluding hydrogens is 344 g/mol. The third-order valence-electron chi connectivity index (χ3n) is 4.92. The highest BCUT2D eigenvalue weighted by Crippen LogP contribution is 2.36. The second kappa shape index (κ2) is 7.26. The van der Waals surface area contributed by atoms with Crippen molar-refractivity contribution >= 4 is 17.6 Å². The average Bonchev–Trinajstić information content (AvgIpc) is 3.12. The number of aromatic nitrogens is 1. The van der Waals surface area contributed by atoms with E-state index in [1.165, 1.54) is 0 Å². The second-order valence-corrected chi connectivity index (χ2v) is 6.73. The predicted octanol–water partition coefficient (Wildman–Crippen LogP) is 2.18. The monoisotopic (exact) mass is 366 g/mol. The molecule has 1 N–H and O–H groups in total. The molecule has 3 amide bonds. The van der Waals surface area contributed by atoms with Crippen molar-refractivity contribution in [1.29, 1.82) is 0 Å². The number of hydrogen-bond acceptors (Lipinski definition) is 4. The molecular formula is C20H22N4O3. The first kappa shape index (κ1) is 17.3. The molecule has 0 radical (unpaired) electrons. The molecule has 1 aromatic carbocycles. The minimum Gasteiger partial charge on any atom is -0.486 e. The van der Waals surface area contributed by atoms with Gasteiger partial charge in [0.1, 0.15) is 17.9 Å². The summed E-state index contributed by atoms with van der Waals surface area (Å²) in [6.45, 7) is 3.15. The van der Waals surface area contributed by atoms with Crippen molar-refractivity contribution < 1.29 is 14.3 Å². The summed E-state index contributed by atoms with van der Waals surface area (Å²) in [6.07, 6.45) is 3.75. The molecule has 7 heteroatoms. The van der Waals surface area contributed by atoms with E-state index in [9.17, 15) is 9.59 Å². The van der Waals surface area contributed by atoms with Gasteiger partial charge >= 0.3 is 6.03 Å². The topological polar surface area (TPSA) is 74.8 Å². The van der Waals surface area contributed by atoms with Crippen LogP contribution < -0.4 is 15.0 Å². The van der Waals surface area contributed by atoms with Crippen LogP contribution in [0.2, 0.25) is 0 Å². The maximum atomic E-state index is 13.5. The Morgan fingerprint density at radius 1 is 1.30 bits per heavy atom. The zero-order valence-electron chi connectivity index (χ0n) is 15.2. The Morgan fingerprint density at radius 3 is 2.93 bits per heavy atom. The summed E-state index contributed by atoms with van der Waals surface area (Å²) in [6, 6.07) is 10.5. The zero-order valence-corrected chi connectivity index (χ0v) is 15.2. The van der Waals surface area contributed by atoms with E-state index in [0.717, 1.165) is 11.3 Å². The molecule has 0 spiro atoms. The van der Waals surface area contributed by atoms with E-state index in [2.05, 4.69) is 10.3 Å². The summed E-state index contributed by atoms with van der Waals surface area (Å²) in [5.74, 6) is 0.569. The van der Waals surface area contributed by atoms with Crippen molar-refractivity contribution in [3.8, 4) is 5.75 Å². The second-order valence-electron chi connectivity index (χ2n) is 6.73. The molecule has 2 atom stereocenters. The van der Waals surface area contributed by atoms with Gasteiger partial charge in [-0.25, -0.2) is 4.79 Å². The number of carbonyl (C=O) groups is 2. The van der Waals surface area contributed by atoms with Gasteiger partial charge in [0, 0.05) is 25.4 Å². The van der Waals surface area contributed by atoms with Gasteiger partial charge in [-0.05, 0) is 30.7 Å². The lowest BCUT2D eigenvalue weighted by Gasteiger charge is -2.31. The fourth-order valence-corrected chi connectivity index (χ4v) is 3.69. The zero-order chi connectivity index (χ0) is 18.8. The molecule has 3 heterocycles. The van der Waals surface area contributed by atoms with E-state index in [1.807, 2.05) is 43.3 Å². The molecule has 0 saturated carbocycles. The largest absolute Gasteiger partial charge is 0.486 e. The lowest BCUT2D eigenvalue weighted by molar-refractivity contribution is -0.122. The van der Waals surface area contributed by atoms with Crippen LogP contribution in [0.5, 0.6) is 5.75 Å². The van der Waals surface area contributed by atoms with E-state index in [4.69, 9.17) is 4.74 Å². The first-order valence-electron chi connectivity index (χ1n) is 9.17. The lowest BCUT2D eigenvalue weighted by atomic mass is 10.1. The Hall–Kier alpha value is -3.09. The first-order valence-corrected chi connectivity index (χ1v) is 9.17. The van der Waals surface area contributed by atoms with Crippen molar-refractivity contribution in [3.63, 3.8) is 0 Å². The average molecular weight is 366 g/mol. The number of para-hydroxylation sites is 2. The molecule has 2 bridgehead atoms. The third kappa shape index (κ3) is 3.32. The number of hydrogen-bond donors (Lipinski definition) is 1. The highest BCUT2D eigenvalue weighted by Gasteiger charge is 2.44. The summed E-state index contributed by atoms with van der Waals surface area (Å²) in [5.41, 5.74) is 1.64. The number of pyridine rings is 1. The molecule has 7 nitrogen and oxygen atoms in total. The number of nitrogens with one attached hydrogen (secondary N) is 1. The Kier molecular flexibility index (Phi) is 4.66. The Bertz CT molecular complexity index is 842. The number of anilines is 1. The summed E-state index contributed by atoms with van der Waals surface area (Å²) < 4.78 is 6.17. The normalized spacial score (nSPS) is 21.1. The van der Waals surface area contributed by atoms with Gasteiger partial charge < -0.3 is 19.9 Å². The molecule has 1 saturated heterocycles. The van der Waals surface area contributed by atoms with Crippen LogP contribution in [0.3, 0.4) is 0 Å². The van der Waals surface area contributed by atoms with E-state index in [1.54, 1.807) is 22.2 Å². The number of carbonyl (C=O) groups excluding carboxylic acids is 2. The van der Waals surface area contributed by atoms with Gasteiger partial charge in [-0.3, -0.25) is 9.78 Å². The SMILES string of the molecule is CCNC(=O)N1CC2CC1C(=O)N(Cc1cccnc1)c1ccccc1O2. The fourth-order valence-electron chi connectivity index (χ4n) is 3.69. The first-order chi connectivity index (χ1) is 13.2. The number of nitrogens with zero attached hydrogens (tertiary/aromatic N) is 3. The van der Waals surface area contributed by atoms with E-state index >= 15 is 0 Å². The van der Waals surface area contributed by atoms with Crippen LogP contribution in [-0.4, -0.2) is 47.1 Å². The highest BCUT2D eigenvalue weighted by atomic mass is 16.5. The van der Waals surface area contributed by atoms with Crippen LogP contribution in [0.15, 0.2) is 48.8 Å². The van der Waals surface area contributed by atoms with E-state index in [-0.39, 0.29) is 18.0 Å². The number of ether oxygens (including phenoxy) is 1. The maximum absolute atomic E-state index is 13.5. The molecule has 1 fully saturated rings. The standard InChI is InChI=1S/C20H22N4O3/c1-2-22-20(26)24-13-15-10-17(24)19(25)23(12-14-6-5-9-21-11-14)16-7-3-4-8-18(16)27-15/h3-9,11,15,17H,2,10,12-13H2,1H3,(H,22,26). The Balaban J connectivity index is 1.72. The van der Waals surface area contributed by atoms with Crippen LogP contribution in [0.25, 0.3) is 0 Å². The third-order valence-corrected chi connectivity index (χ3v) is 4.92. The smallest absolute Gasteiger partial charge is 0.318 e. The molecule has 2 aliphatic rings. The van der Waals surface area contributed by atoms with Gasteiger partial charge in [0.05, 0.1) is 18.8 Å². The summed E-state index contributed by atoms with van der Waals surface area (Å²) in [4.78, 5) is 33.4. The summed E-state index contributed by atoms with van der Waals surface area (Å²) >= 11 is 0. The number of likely N-dealkylation sites (tertiary alicyclic amines) is 1. The predicted molar refractivity (Wildman–Crippen MR) is 100 cm³/mol. The van der Waals surface area contributed by atoms with Crippen molar-refractivity contribution in [2.45, 2.75) is 32.0 Å². The van der Waals surface area contributed by atoms with Gasteiger partial charge in [0.25, 0.3) is 0 Å². The van der Waals surface area contributed by atoms with Gasteiger partial charge in [-0.15, -0.1) is 0 Å². The van der Waals surface area contributed by atoms with Crippen molar-refractivity contribution in [2.24, 2.45) is 0 Å².